The predicted molar refractivity (Wildman–Crippen MR) is 491 cm³/mol. The maximum absolute atomic E-state index is 8.11. The molecule has 554 valence electrons. The van der Waals surface area contributed by atoms with E-state index < -0.39 is 0 Å². The normalized spacial score (nSPS) is 13.4. The van der Waals surface area contributed by atoms with E-state index in [2.05, 4.69) is 427 Å². The van der Waals surface area contributed by atoms with Crippen LogP contribution >= 0.6 is 0 Å². The van der Waals surface area contributed by atoms with E-state index in [1.54, 1.807) is 0 Å². The van der Waals surface area contributed by atoms with Gasteiger partial charge >= 0.3 is 0 Å². The molecule has 0 spiro atoms. The first-order chi connectivity index (χ1) is 56.5. The van der Waals surface area contributed by atoms with Crippen molar-refractivity contribution in [2.45, 2.75) is 78.6 Å². The number of hydrogen-bond donors (Lipinski definition) is 0. The van der Waals surface area contributed by atoms with Crippen molar-refractivity contribution in [3.8, 4) is 72.8 Å². The molecule has 18 aromatic rings. The Morgan fingerprint density at radius 2 is 0.707 bits per heavy atom. The molecule has 0 unspecified atom stereocenters. The van der Waals surface area contributed by atoms with Gasteiger partial charge in [0.2, 0.25) is 0 Å². The topological polar surface area (TPSA) is 37.0 Å². The van der Waals surface area contributed by atoms with E-state index >= 15 is 0 Å². The highest BCUT2D eigenvalue weighted by atomic mass is 16.5. The van der Waals surface area contributed by atoms with Crippen molar-refractivity contribution < 1.29 is 9.15 Å². The maximum Gasteiger partial charge on any atom is 0.256 e. The van der Waals surface area contributed by atoms with Gasteiger partial charge in [-0.3, -0.25) is 0 Å². The molecule has 22 rings (SSSR count). The smallest absolute Gasteiger partial charge is 0.256 e. The van der Waals surface area contributed by atoms with E-state index in [4.69, 9.17) is 9.15 Å². The van der Waals surface area contributed by atoms with Gasteiger partial charge in [0, 0.05) is 89.7 Å². The zero-order valence-corrected chi connectivity index (χ0v) is 66.7. The summed E-state index contributed by atoms with van der Waals surface area (Å²) in [6, 6.07) is 130. The van der Waals surface area contributed by atoms with Crippen LogP contribution in [-0.2, 0) is 16.2 Å². The number of fused-ring (bicyclic) bond motifs is 14. The SMILES string of the molecule is CC(C)(C)c1ccc2c(c1)N(c1c(-c3ccccc3)cccc1-c1ccccc1)c1cc(C(C)(C)C)cc3c1B2c1cc2c(cc1O3)N(c1c(-c3ccccc3)cccc1-c1ccccc1)c1cc(C(C)(C)C)cc3c1B2c1ccc(-n2c4ccccc4c4cc(-c5ccccc5)ccc42)cc1N3c1cccc2c1oc1ccccc12. The second kappa shape index (κ2) is 26.0. The summed E-state index contributed by atoms with van der Waals surface area (Å²) in [6.45, 7) is 20.6. The van der Waals surface area contributed by atoms with Crippen LogP contribution in [0.4, 0.5) is 51.2 Å². The molecule has 116 heavy (non-hydrogen) atoms. The van der Waals surface area contributed by atoms with E-state index in [9.17, 15) is 0 Å². The standard InChI is InChI=1S/C108H84B2N4O2/c1-106(2,3)73-53-55-85-92(59-73)113(103-77(68-34-17-11-18-35-68)44-29-45-78(103)69-36-19-12-20-37-69)97-62-75(108(7,8)9)63-100-102(97)110(85)88-65-87-94(66-99(88)115-100)114(104-79(70-38-21-13-22-39-70)46-30-47-80(104)71-40-23-14-24-41-71)96-61-74(107(4,5)6)60-95-101(96)109(87)86-56-54-76(64-93(86)112(95)91-50-31-48-83-82-43-26-28-51-98(82)116-105(83)91)111-89-49-27-25-42-81(89)84-58-72(52-57-90(84)111)67-32-15-10-16-33-67/h10-66H,1-9H3. The monoisotopic (exact) mass is 1490 g/mol. The lowest BCUT2D eigenvalue weighted by atomic mass is 9.30. The fraction of sp³-hybridized carbons (Fsp3) is 0.111. The van der Waals surface area contributed by atoms with Crippen LogP contribution in [-0.4, -0.2) is 18.0 Å². The molecule has 0 aliphatic carbocycles. The molecule has 2 aromatic heterocycles. The molecule has 0 radical (unpaired) electrons. The average Bonchev–Trinajstić information content (AvgIpc) is 0.741. The molecule has 6 nitrogen and oxygen atoms in total. The first-order valence-corrected chi connectivity index (χ1v) is 40.9. The predicted octanol–water partition coefficient (Wildman–Crippen LogP) is 25.4. The van der Waals surface area contributed by atoms with Crippen molar-refractivity contribution in [1.29, 1.82) is 0 Å². The lowest BCUT2D eigenvalue weighted by molar-refractivity contribution is 0.483. The van der Waals surface area contributed by atoms with E-state index in [0.29, 0.717) is 0 Å². The van der Waals surface area contributed by atoms with Gasteiger partial charge in [-0.2, -0.15) is 0 Å². The molecular formula is C108H84B2N4O2. The lowest BCUT2D eigenvalue weighted by Crippen LogP contribution is -2.64. The number of nitrogens with zero attached hydrogens (tertiary/aromatic N) is 4. The Balaban J connectivity index is 0.874. The van der Waals surface area contributed by atoms with Crippen LogP contribution in [0.1, 0.15) is 79.0 Å². The Morgan fingerprint density at radius 3 is 1.28 bits per heavy atom. The molecule has 0 atom stereocenters. The third-order valence-corrected chi connectivity index (χ3v) is 25.1. The third-order valence-electron chi connectivity index (χ3n) is 25.1. The highest BCUT2D eigenvalue weighted by Crippen LogP contribution is 2.56. The van der Waals surface area contributed by atoms with Gasteiger partial charge in [0.05, 0.1) is 28.1 Å². The Hall–Kier alpha value is -13.6. The molecule has 8 heteroatoms. The molecule has 0 saturated heterocycles. The van der Waals surface area contributed by atoms with Crippen LogP contribution in [0.15, 0.2) is 350 Å². The van der Waals surface area contributed by atoms with Crippen LogP contribution in [0.2, 0.25) is 0 Å². The minimum absolute atomic E-state index is 0.200. The van der Waals surface area contributed by atoms with Gasteiger partial charge in [-0.15, -0.1) is 0 Å². The number of furan rings is 1. The highest BCUT2D eigenvalue weighted by molar-refractivity contribution is 7.02. The molecular weight excluding hydrogens is 1410 g/mol. The van der Waals surface area contributed by atoms with E-state index in [-0.39, 0.29) is 29.7 Å². The number of anilines is 9. The van der Waals surface area contributed by atoms with Crippen LogP contribution in [0, 0.1) is 0 Å². The van der Waals surface area contributed by atoms with Gasteiger partial charge < -0.3 is 28.4 Å². The quantitative estimate of drug-likeness (QED) is 0.135. The molecule has 0 bridgehead atoms. The number of rotatable bonds is 9. The fourth-order valence-electron chi connectivity index (χ4n) is 19.4. The van der Waals surface area contributed by atoms with E-state index in [1.165, 1.54) is 60.4 Å². The average molecular weight is 1490 g/mol. The van der Waals surface area contributed by atoms with Crippen LogP contribution in [0.5, 0.6) is 11.5 Å². The first kappa shape index (κ1) is 69.2. The zero-order chi connectivity index (χ0) is 78.2. The number of benzene rings is 16. The Kier molecular flexibility index (Phi) is 15.5. The molecule has 6 heterocycles. The second-order valence-corrected chi connectivity index (χ2v) is 35.1. The van der Waals surface area contributed by atoms with E-state index in [0.717, 1.165) is 157 Å². The van der Waals surface area contributed by atoms with Crippen molar-refractivity contribution in [3.05, 3.63) is 362 Å². The van der Waals surface area contributed by atoms with Gasteiger partial charge in [-0.1, -0.05) is 329 Å². The molecule has 16 aromatic carbocycles. The largest absolute Gasteiger partial charge is 0.458 e. The van der Waals surface area contributed by atoms with Gasteiger partial charge in [0.1, 0.15) is 17.1 Å². The second-order valence-electron chi connectivity index (χ2n) is 35.1. The minimum Gasteiger partial charge on any atom is -0.458 e. The summed E-state index contributed by atoms with van der Waals surface area (Å²) in [5, 5.41) is 4.54. The molecule has 0 saturated carbocycles. The summed E-state index contributed by atoms with van der Waals surface area (Å²) < 4.78 is 17.9. The highest BCUT2D eigenvalue weighted by Gasteiger charge is 2.50. The molecule has 0 N–H and O–H groups in total. The van der Waals surface area contributed by atoms with Crippen molar-refractivity contribution >= 4 is 141 Å². The maximum atomic E-state index is 8.11. The number of para-hydroxylation sites is 5. The molecule has 4 aliphatic rings. The zero-order valence-electron chi connectivity index (χ0n) is 66.7. The van der Waals surface area contributed by atoms with E-state index in [1.807, 2.05) is 0 Å². The summed E-state index contributed by atoms with van der Waals surface area (Å²) >= 11 is 0. The summed E-state index contributed by atoms with van der Waals surface area (Å²) in [7, 11) is 0. The summed E-state index contributed by atoms with van der Waals surface area (Å²) in [4.78, 5) is 7.90. The molecule has 4 aliphatic heterocycles. The Morgan fingerprint density at radius 1 is 0.259 bits per heavy atom. The van der Waals surface area contributed by atoms with Crippen molar-refractivity contribution in [2.24, 2.45) is 0 Å². The van der Waals surface area contributed by atoms with Crippen LogP contribution in [0.3, 0.4) is 0 Å². The Bertz CT molecular complexity index is 6950. The number of ether oxygens (including phenoxy) is 1. The summed E-state index contributed by atoms with van der Waals surface area (Å²) in [6.07, 6.45) is 0. The number of hydrogen-bond acceptors (Lipinski definition) is 5. The van der Waals surface area contributed by atoms with Crippen LogP contribution in [0.25, 0.3) is 105 Å². The number of aromatic nitrogens is 1. The molecule has 0 amide bonds. The van der Waals surface area contributed by atoms with Crippen molar-refractivity contribution in [2.75, 3.05) is 14.7 Å². The van der Waals surface area contributed by atoms with Gasteiger partial charge in [-0.05, 0) is 172 Å². The van der Waals surface area contributed by atoms with Crippen LogP contribution < -0.4 is 52.2 Å². The lowest BCUT2D eigenvalue weighted by Gasteiger charge is -2.47. The first-order valence-electron chi connectivity index (χ1n) is 40.9. The van der Waals surface area contributed by atoms with Crippen molar-refractivity contribution in [1.82, 2.24) is 4.57 Å². The van der Waals surface area contributed by atoms with Crippen molar-refractivity contribution in [3.63, 3.8) is 0 Å². The third kappa shape index (κ3) is 10.8. The fourth-order valence-corrected chi connectivity index (χ4v) is 19.4. The molecule has 0 fully saturated rings. The summed E-state index contributed by atoms with van der Waals surface area (Å²) in [5.74, 6) is 1.69. The van der Waals surface area contributed by atoms with Gasteiger partial charge in [-0.25, -0.2) is 0 Å². The minimum atomic E-state index is -0.349. The Labute approximate surface area is 679 Å². The van der Waals surface area contributed by atoms with Gasteiger partial charge in [0.15, 0.2) is 5.58 Å². The van der Waals surface area contributed by atoms with Gasteiger partial charge in [0.25, 0.3) is 13.4 Å². The summed E-state index contributed by atoms with van der Waals surface area (Å²) in [5.41, 5.74) is 36.0.